The summed E-state index contributed by atoms with van der Waals surface area (Å²) in [7, 11) is 1.84. The van der Waals surface area contributed by atoms with Crippen molar-refractivity contribution in [3.63, 3.8) is 0 Å². The first-order valence-corrected chi connectivity index (χ1v) is 6.87. The van der Waals surface area contributed by atoms with Gasteiger partial charge in [-0.15, -0.1) is 11.3 Å². The van der Waals surface area contributed by atoms with Crippen LogP contribution in [0.4, 0.5) is 0 Å². The third-order valence-corrected chi connectivity index (χ3v) is 3.56. The van der Waals surface area contributed by atoms with Gasteiger partial charge in [-0.25, -0.2) is 4.98 Å². The van der Waals surface area contributed by atoms with E-state index in [-0.39, 0.29) is 5.91 Å². The van der Waals surface area contributed by atoms with Crippen molar-refractivity contribution in [1.29, 1.82) is 0 Å². The third-order valence-electron chi connectivity index (χ3n) is 2.37. The molecule has 0 aromatic carbocycles. The minimum atomic E-state index is 0.0960. The Morgan fingerprint density at radius 1 is 1.47 bits per heavy atom. The van der Waals surface area contributed by atoms with Crippen LogP contribution in [0.1, 0.15) is 36.9 Å². The van der Waals surface area contributed by atoms with Gasteiger partial charge in [-0.3, -0.25) is 4.79 Å². The second-order valence-corrected chi connectivity index (χ2v) is 5.17. The van der Waals surface area contributed by atoms with Crippen molar-refractivity contribution in [2.75, 3.05) is 20.1 Å². The van der Waals surface area contributed by atoms with Crippen molar-refractivity contribution in [3.8, 4) is 0 Å². The fraction of sp³-hybridized carbons (Fsp3) is 0.667. The molecule has 0 radical (unpaired) electrons. The van der Waals surface area contributed by atoms with Crippen molar-refractivity contribution in [3.05, 3.63) is 16.1 Å². The lowest BCUT2D eigenvalue weighted by atomic mass is 10.2. The standard InChI is InChI=1S/C12H21N3OS/c1-9(2)12-15-10(8-17-12)4-7-14-11(16)5-6-13-3/h8-9,13H,4-7H2,1-3H3,(H,14,16). The summed E-state index contributed by atoms with van der Waals surface area (Å²) in [6.45, 7) is 5.67. The number of thiazole rings is 1. The van der Waals surface area contributed by atoms with Crippen LogP contribution in [0.25, 0.3) is 0 Å². The first-order chi connectivity index (χ1) is 8.13. The molecule has 5 heteroatoms. The number of rotatable bonds is 7. The Morgan fingerprint density at radius 3 is 2.82 bits per heavy atom. The summed E-state index contributed by atoms with van der Waals surface area (Å²) in [6.07, 6.45) is 1.35. The summed E-state index contributed by atoms with van der Waals surface area (Å²) < 4.78 is 0. The maximum absolute atomic E-state index is 11.3. The molecule has 0 atom stereocenters. The maximum Gasteiger partial charge on any atom is 0.221 e. The average molecular weight is 255 g/mol. The normalized spacial score (nSPS) is 10.8. The van der Waals surface area contributed by atoms with E-state index in [1.54, 1.807) is 11.3 Å². The first kappa shape index (κ1) is 14.1. The molecule has 4 nitrogen and oxygen atoms in total. The average Bonchev–Trinajstić information content (AvgIpc) is 2.75. The molecule has 0 saturated carbocycles. The lowest BCUT2D eigenvalue weighted by Crippen LogP contribution is -2.28. The molecule has 2 N–H and O–H groups in total. The predicted molar refractivity (Wildman–Crippen MR) is 71.5 cm³/mol. The molecular weight excluding hydrogens is 234 g/mol. The Balaban J connectivity index is 2.23. The van der Waals surface area contributed by atoms with E-state index in [0.717, 1.165) is 18.7 Å². The van der Waals surface area contributed by atoms with Crippen LogP contribution >= 0.6 is 11.3 Å². The monoisotopic (exact) mass is 255 g/mol. The van der Waals surface area contributed by atoms with E-state index in [0.29, 0.717) is 18.9 Å². The largest absolute Gasteiger partial charge is 0.356 e. The number of hydrogen-bond acceptors (Lipinski definition) is 4. The van der Waals surface area contributed by atoms with Crippen LogP contribution in [0.3, 0.4) is 0 Å². The number of carbonyl (C=O) groups excluding carboxylic acids is 1. The highest BCUT2D eigenvalue weighted by Crippen LogP contribution is 2.19. The quantitative estimate of drug-likeness (QED) is 0.777. The number of nitrogens with zero attached hydrogens (tertiary/aromatic N) is 1. The molecule has 0 bridgehead atoms. The minimum absolute atomic E-state index is 0.0960. The molecular formula is C12H21N3OS. The van der Waals surface area contributed by atoms with Crippen LogP contribution in [0.15, 0.2) is 5.38 Å². The Morgan fingerprint density at radius 2 is 2.24 bits per heavy atom. The van der Waals surface area contributed by atoms with Gasteiger partial charge in [-0.2, -0.15) is 0 Å². The fourth-order valence-corrected chi connectivity index (χ4v) is 2.23. The molecule has 96 valence electrons. The maximum atomic E-state index is 11.3. The molecule has 0 aliphatic rings. The summed E-state index contributed by atoms with van der Waals surface area (Å²) in [5.41, 5.74) is 1.08. The van der Waals surface area contributed by atoms with E-state index in [9.17, 15) is 4.79 Å². The van der Waals surface area contributed by atoms with Crippen molar-refractivity contribution < 1.29 is 4.79 Å². The summed E-state index contributed by atoms with van der Waals surface area (Å²) >= 11 is 1.70. The lowest BCUT2D eigenvalue weighted by molar-refractivity contribution is -0.120. The second kappa shape index (κ2) is 7.40. The van der Waals surface area contributed by atoms with E-state index in [2.05, 4.69) is 34.8 Å². The highest BCUT2D eigenvalue weighted by molar-refractivity contribution is 7.09. The number of nitrogens with one attached hydrogen (secondary N) is 2. The second-order valence-electron chi connectivity index (χ2n) is 4.29. The van der Waals surface area contributed by atoms with Gasteiger partial charge in [0.2, 0.25) is 5.91 Å². The number of aromatic nitrogens is 1. The summed E-state index contributed by atoms with van der Waals surface area (Å²) in [4.78, 5) is 15.9. The van der Waals surface area contributed by atoms with Crippen molar-refractivity contribution in [1.82, 2.24) is 15.6 Å². The zero-order valence-corrected chi connectivity index (χ0v) is 11.6. The van der Waals surface area contributed by atoms with E-state index in [1.807, 2.05) is 7.05 Å². The van der Waals surface area contributed by atoms with Gasteiger partial charge in [0.1, 0.15) is 0 Å². The van der Waals surface area contributed by atoms with Crippen LogP contribution in [-0.4, -0.2) is 31.0 Å². The van der Waals surface area contributed by atoms with Crippen LogP contribution in [-0.2, 0) is 11.2 Å². The molecule has 1 aromatic heterocycles. The Hall–Kier alpha value is -0.940. The van der Waals surface area contributed by atoms with E-state index in [1.165, 1.54) is 5.01 Å². The molecule has 0 aliphatic heterocycles. The molecule has 1 amide bonds. The molecule has 1 heterocycles. The summed E-state index contributed by atoms with van der Waals surface area (Å²) in [6, 6.07) is 0. The molecule has 17 heavy (non-hydrogen) atoms. The number of hydrogen-bond donors (Lipinski definition) is 2. The molecule has 1 rings (SSSR count). The van der Waals surface area contributed by atoms with Gasteiger partial charge in [0.15, 0.2) is 0 Å². The molecule has 0 aliphatic carbocycles. The first-order valence-electron chi connectivity index (χ1n) is 5.99. The molecule has 0 unspecified atom stereocenters. The summed E-state index contributed by atoms with van der Waals surface area (Å²) in [5.74, 6) is 0.581. The van der Waals surface area contributed by atoms with Crippen LogP contribution in [0, 0.1) is 0 Å². The molecule has 0 saturated heterocycles. The lowest BCUT2D eigenvalue weighted by Gasteiger charge is -2.03. The van der Waals surface area contributed by atoms with Crippen LogP contribution < -0.4 is 10.6 Å². The van der Waals surface area contributed by atoms with Crippen molar-refractivity contribution >= 4 is 17.2 Å². The van der Waals surface area contributed by atoms with E-state index < -0.39 is 0 Å². The van der Waals surface area contributed by atoms with Crippen LogP contribution in [0.5, 0.6) is 0 Å². The third kappa shape index (κ3) is 5.28. The molecule has 0 fully saturated rings. The Kier molecular flexibility index (Phi) is 6.15. The van der Waals surface area contributed by atoms with Gasteiger partial charge in [0.05, 0.1) is 10.7 Å². The Labute approximate surface area is 107 Å². The van der Waals surface area contributed by atoms with Crippen molar-refractivity contribution in [2.45, 2.75) is 32.6 Å². The Bertz CT molecular complexity index is 349. The molecule has 1 aromatic rings. The van der Waals surface area contributed by atoms with Crippen molar-refractivity contribution in [2.24, 2.45) is 0 Å². The van der Waals surface area contributed by atoms with Gasteiger partial charge in [0.25, 0.3) is 0 Å². The van der Waals surface area contributed by atoms with Crippen LogP contribution in [0.2, 0.25) is 0 Å². The fourth-order valence-electron chi connectivity index (χ4n) is 1.36. The highest BCUT2D eigenvalue weighted by atomic mass is 32.1. The topological polar surface area (TPSA) is 54.0 Å². The predicted octanol–water partition coefficient (Wildman–Crippen LogP) is 1.53. The summed E-state index contributed by atoms with van der Waals surface area (Å²) in [5, 5.41) is 9.09. The van der Waals surface area contributed by atoms with E-state index in [4.69, 9.17) is 0 Å². The smallest absolute Gasteiger partial charge is 0.221 e. The number of carbonyl (C=O) groups is 1. The highest BCUT2D eigenvalue weighted by Gasteiger charge is 2.06. The zero-order chi connectivity index (χ0) is 12.7. The SMILES string of the molecule is CNCCC(=O)NCCc1csc(C(C)C)n1. The molecule has 0 spiro atoms. The number of amides is 1. The van der Waals surface area contributed by atoms with E-state index >= 15 is 0 Å². The minimum Gasteiger partial charge on any atom is -0.356 e. The van der Waals surface area contributed by atoms with Gasteiger partial charge >= 0.3 is 0 Å². The van der Waals surface area contributed by atoms with Gasteiger partial charge < -0.3 is 10.6 Å². The van der Waals surface area contributed by atoms with Gasteiger partial charge in [0, 0.05) is 37.2 Å². The van der Waals surface area contributed by atoms with Gasteiger partial charge in [-0.05, 0) is 7.05 Å². The van der Waals surface area contributed by atoms with Gasteiger partial charge in [-0.1, -0.05) is 13.8 Å². The zero-order valence-electron chi connectivity index (χ0n) is 10.7.